The predicted octanol–water partition coefficient (Wildman–Crippen LogP) is 3.20. The molecule has 0 atom stereocenters. The van der Waals surface area contributed by atoms with E-state index in [4.69, 9.17) is 4.74 Å². The molecule has 0 spiro atoms. The average molecular weight is 418 g/mol. The molecular formula is C24H27N5O2. The SMILES string of the molecule is COc1ccc(N2CCN(C(=O)c3ccc4ncnc(N5CCCC5)c4c3)CC2)cc1. The Balaban J connectivity index is 1.31. The van der Waals surface area contributed by atoms with E-state index in [0.717, 1.165) is 54.3 Å². The van der Waals surface area contributed by atoms with E-state index in [9.17, 15) is 4.79 Å². The number of carbonyl (C=O) groups excluding carboxylic acids is 1. The highest BCUT2D eigenvalue weighted by atomic mass is 16.5. The first-order valence-electron chi connectivity index (χ1n) is 10.9. The van der Waals surface area contributed by atoms with Crippen LogP contribution < -0.4 is 14.5 Å². The van der Waals surface area contributed by atoms with E-state index in [0.29, 0.717) is 18.7 Å². The average Bonchev–Trinajstić information content (AvgIpc) is 3.38. The van der Waals surface area contributed by atoms with Crippen LogP contribution in [0.1, 0.15) is 23.2 Å². The number of carbonyl (C=O) groups is 1. The molecule has 2 aliphatic heterocycles. The molecule has 31 heavy (non-hydrogen) atoms. The number of piperazine rings is 1. The topological polar surface area (TPSA) is 61.8 Å². The molecule has 7 heteroatoms. The van der Waals surface area contributed by atoms with Crippen molar-refractivity contribution >= 4 is 28.3 Å². The van der Waals surface area contributed by atoms with Crippen LogP contribution in [0.3, 0.4) is 0 Å². The molecule has 2 aromatic carbocycles. The molecule has 0 aliphatic carbocycles. The van der Waals surface area contributed by atoms with Crippen LogP contribution in [0.2, 0.25) is 0 Å². The zero-order valence-electron chi connectivity index (χ0n) is 17.8. The number of aromatic nitrogens is 2. The van der Waals surface area contributed by atoms with Crippen LogP contribution in [-0.4, -0.2) is 67.2 Å². The predicted molar refractivity (Wildman–Crippen MR) is 122 cm³/mol. The number of hydrogen-bond donors (Lipinski definition) is 0. The number of methoxy groups -OCH3 is 1. The molecule has 0 saturated carbocycles. The van der Waals surface area contributed by atoms with Crippen LogP contribution in [0.5, 0.6) is 5.75 Å². The second-order valence-corrected chi connectivity index (χ2v) is 8.10. The van der Waals surface area contributed by atoms with Gasteiger partial charge in [0.2, 0.25) is 0 Å². The Morgan fingerprint density at radius 3 is 2.32 bits per heavy atom. The summed E-state index contributed by atoms with van der Waals surface area (Å²) >= 11 is 0. The van der Waals surface area contributed by atoms with Gasteiger partial charge in [-0.05, 0) is 55.3 Å². The minimum atomic E-state index is 0.0764. The summed E-state index contributed by atoms with van der Waals surface area (Å²) in [5, 5.41) is 0.965. The van der Waals surface area contributed by atoms with Crippen LogP contribution in [0.25, 0.3) is 10.9 Å². The first kappa shape index (κ1) is 19.6. The molecule has 2 aliphatic rings. The molecule has 5 rings (SSSR count). The van der Waals surface area contributed by atoms with Gasteiger partial charge < -0.3 is 19.4 Å². The van der Waals surface area contributed by atoms with Crippen LogP contribution in [0.4, 0.5) is 11.5 Å². The summed E-state index contributed by atoms with van der Waals surface area (Å²) in [7, 11) is 1.67. The van der Waals surface area contributed by atoms with Crippen molar-refractivity contribution in [2.75, 3.05) is 56.2 Å². The fourth-order valence-electron chi connectivity index (χ4n) is 4.50. The van der Waals surface area contributed by atoms with E-state index in [-0.39, 0.29) is 5.91 Å². The summed E-state index contributed by atoms with van der Waals surface area (Å²) in [6.45, 7) is 5.05. The van der Waals surface area contributed by atoms with Crippen LogP contribution in [-0.2, 0) is 0 Å². The third-order valence-corrected chi connectivity index (χ3v) is 6.27. The molecule has 1 aromatic heterocycles. The molecule has 3 heterocycles. The third kappa shape index (κ3) is 3.87. The van der Waals surface area contributed by atoms with E-state index >= 15 is 0 Å². The van der Waals surface area contributed by atoms with Crippen molar-refractivity contribution in [3.05, 3.63) is 54.4 Å². The minimum Gasteiger partial charge on any atom is -0.497 e. The summed E-state index contributed by atoms with van der Waals surface area (Å²) in [4.78, 5) is 28.7. The van der Waals surface area contributed by atoms with Gasteiger partial charge in [0.25, 0.3) is 5.91 Å². The first-order chi connectivity index (χ1) is 15.2. The van der Waals surface area contributed by atoms with Gasteiger partial charge in [-0.3, -0.25) is 4.79 Å². The standard InChI is InChI=1S/C24H27N5O2/c1-31-20-7-5-19(6-8-20)27-12-14-29(15-13-27)24(30)18-4-9-22-21(16-18)23(26-17-25-22)28-10-2-3-11-28/h4-9,16-17H,2-3,10-15H2,1H3. The molecular weight excluding hydrogens is 390 g/mol. The Morgan fingerprint density at radius 1 is 0.871 bits per heavy atom. The fraction of sp³-hybridized carbons (Fsp3) is 0.375. The van der Waals surface area contributed by atoms with Gasteiger partial charge in [-0.25, -0.2) is 9.97 Å². The largest absolute Gasteiger partial charge is 0.497 e. The number of fused-ring (bicyclic) bond motifs is 1. The number of rotatable bonds is 4. The normalized spacial score (nSPS) is 16.7. The highest BCUT2D eigenvalue weighted by Gasteiger charge is 2.24. The monoisotopic (exact) mass is 417 g/mol. The van der Waals surface area contributed by atoms with E-state index < -0.39 is 0 Å². The minimum absolute atomic E-state index is 0.0764. The van der Waals surface area contributed by atoms with Gasteiger partial charge in [-0.1, -0.05) is 0 Å². The Hall–Kier alpha value is -3.35. The molecule has 160 valence electrons. The Bertz CT molecular complexity index is 1070. The highest BCUT2D eigenvalue weighted by Crippen LogP contribution is 2.27. The maximum Gasteiger partial charge on any atom is 0.254 e. The lowest BCUT2D eigenvalue weighted by Gasteiger charge is -2.36. The number of ether oxygens (including phenoxy) is 1. The number of anilines is 2. The Morgan fingerprint density at radius 2 is 1.61 bits per heavy atom. The van der Waals surface area contributed by atoms with E-state index in [1.165, 1.54) is 12.8 Å². The van der Waals surface area contributed by atoms with E-state index in [2.05, 4.69) is 31.9 Å². The quantitative estimate of drug-likeness (QED) is 0.650. The van der Waals surface area contributed by atoms with Gasteiger partial charge in [0.05, 0.1) is 12.6 Å². The summed E-state index contributed by atoms with van der Waals surface area (Å²) in [5.41, 5.74) is 2.75. The lowest BCUT2D eigenvalue weighted by Crippen LogP contribution is -2.48. The van der Waals surface area contributed by atoms with Gasteiger partial charge in [-0.2, -0.15) is 0 Å². The summed E-state index contributed by atoms with van der Waals surface area (Å²) in [5.74, 6) is 1.88. The van der Waals surface area contributed by atoms with Crippen LogP contribution in [0, 0.1) is 0 Å². The molecule has 0 unspecified atom stereocenters. The highest BCUT2D eigenvalue weighted by molar-refractivity contribution is 6.00. The van der Waals surface area contributed by atoms with Gasteiger partial charge in [0.15, 0.2) is 0 Å². The molecule has 2 fully saturated rings. The number of benzene rings is 2. The summed E-state index contributed by atoms with van der Waals surface area (Å²) < 4.78 is 5.24. The number of nitrogens with zero attached hydrogens (tertiary/aromatic N) is 5. The van der Waals surface area contributed by atoms with Crippen LogP contribution >= 0.6 is 0 Å². The second kappa shape index (κ2) is 8.41. The van der Waals surface area contributed by atoms with Crippen molar-refractivity contribution in [1.82, 2.24) is 14.9 Å². The van der Waals surface area contributed by atoms with Crippen molar-refractivity contribution in [2.45, 2.75) is 12.8 Å². The lowest BCUT2D eigenvalue weighted by molar-refractivity contribution is 0.0747. The van der Waals surface area contributed by atoms with E-state index in [1.807, 2.05) is 35.2 Å². The van der Waals surface area contributed by atoms with Gasteiger partial charge in [0, 0.05) is 55.9 Å². The van der Waals surface area contributed by atoms with Crippen molar-refractivity contribution < 1.29 is 9.53 Å². The molecule has 3 aromatic rings. The van der Waals surface area contributed by atoms with Gasteiger partial charge in [-0.15, -0.1) is 0 Å². The lowest BCUT2D eigenvalue weighted by atomic mass is 10.1. The molecule has 0 N–H and O–H groups in total. The maximum atomic E-state index is 13.2. The van der Waals surface area contributed by atoms with Gasteiger partial charge in [0.1, 0.15) is 17.9 Å². The third-order valence-electron chi connectivity index (χ3n) is 6.27. The zero-order chi connectivity index (χ0) is 21.2. The Kier molecular flexibility index (Phi) is 5.32. The van der Waals surface area contributed by atoms with Gasteiger partial charge >= 0.3 is 0 Å². The van der Waals surface area contributed by atoms with Crippen molar-refractivity contribution in [1.29, 1.82) is 0 Å². The fourth-order valence-corrected chi connectivity index (χ4v) is 4.50. The molecule has 7 nitrogen and oxygen atoms in total. The zero-order valence-corrected chi connectivity index (χ0v) is 17.8. The molecule has 1 amide bonds. The molecule has 2 saturated heterocycles. The second-order valence-electron chi connectivity index (χ2n) is 8.10. The van der Waals surface area contributed by atoms with Crippen LogP contribution in [0.15, 0.2) is 48.8 Å². The molecule has 0 radical (unpaired) electrons. The smallest absolute Gasteiger partial charge is 0.254 e. The first-order valence-corrected chi connectivity index (χ1v) is 10.9. The van der Waals surface area contributed by atoms with E-state index in [1.54, 1.807) is 13.4 Å². The maximum absolute atomic E-state index is 13.2. The summed E-state index contributed by atoms with van der Waals surface area (Å²) in [6.07, 6.45) is 3.99. The molecule has 0 bridgehead atoms. The van der Waals surface area contributed by atoms with Crippen molar-refractivity contribution in [3.63, 3.8) is 0 Å². The number of amides is 1. The van der Waals surface area contributed by atoms with Crippen molar-refractivity contribution in [3.8, 4) is 5.75 Å². The summed E-state index contributed by atoms with van der Waals surface area (Å²) in [6, 6.07) is 13.9. The Labute approximate surface area is 182 Å². The van der Waals surface area contributed by atoms with Crippen molar-refractivity contribution in [2.24, 2.45) is 0 Å². The number of hydrogen-bond acceptors (Lipinski definition) is 6.